The first-order chi connectivity index (χ1) is 16.1. The van der Waals surface area contributed by atoms with Crippen molar-refractivity contribution < 1.29 is 27.5 Å². The van der Waals surface area contributed by atoms with E-state index in [1.807, 2.05) is 0 Å². The Labute approximate surface area is 194 Å². The highest BCUT2D eigenvalue weighted by atomic mass is 32.2. The predicted molar refractivity (Wildman–Crippen MR) is 118 cm³/mol. The van der Waals surface area contributed by atoms with Crippen LogP contribution in [0.2, 0.25) is 0 Å². The lowest BCUT2D eigenvalue weighted by Gasteiger charge is -2.11. The van der Waals surface area contributed by atoms with Crippen LogP contribution in [0.3, 0.4) is 0 Å². The van der Waals surface area contributed by atoms with Gasteiger partial charge in [0.15, 0.2) is 5.76 Å². The van der Waals surface area contributed by atoms with Crippen molar-refractivity contribution in [1.29, 1.82) is 0 Å². The van der Waals surface area contributed by atoms with Crippen LogP contribution in [0.15, 0.2) is 75.2 Å². The summed E-state index contributed by atoms with van der Waals surface area (Å²) in [5, 5.41) is 13.3. The predicted octanol–water partition coefficient (Wildman–Crippen LogP) is 4.55. The number of imidazole rings is 1. The molecule has 0 spiro atoms. The van der Waals surface area contributed by atoms with Gasteiger partial charge in [-0.05, 0) is 66.7 Å². The fraction of sp³-hybridized carbons (Fsp3) is 0.136. The number of thioether (sulfide) groups is 1. The highest BCUT2D eigenvalue weighted by Crippen LogP contribution is 2.37. The van der Waals surface area contributed by atoms with Gasteiger partial charge in [0.2, 0.25) is 5.88 Å². The fourth-order valence-corrected chi connectivity index (χ4v) is 3.83. The lowest BCUT2D eigenvalue weighted by atomic mass is 10.2. The maximum atomic E-state index is 13.1. The molecule has 0 aliphatic heterocycles. The number of halogens is 3. The lowest BCUT2D eigenvalue weighted by Crippen LogP contribution is -2.25. The molecule has 8 nitrogen and oxygen atoms in total. The summed E-state index contributed by atoms with van der Waals surface area (Å²) in [6.45, 7) is 1.52. The van der Waals surface area contributed by atoms with E-state index in [0.717, 1.165) is 4.57 Å². The van der Waals surface area contributed by atoms with Gasteiger partial charge in [-0.15, -0.1) is 0 Å². The zero-order chi connectivity index (χ0) is 24.5. The van der Waals surface area contributed by atoms with Crippen LogP contribution in [0, 0.1) is 6.92 Å². The SMILES string of the molecule is Cc1c(O)n(-c2ccc(SC(F)(F)F)cc2)c(=O)n1Cc1ccncc1NC(=O)c1ccco1. The molecule has 0 unspecified atom stereocenters. The second-order valence-electron chi connectivity index (χ2n) is 7.12. The van der Waals surface area contributed by atoms with Gasteiger partial charge in [0.05, 0.1) is 36.1 Å². The van der Waals surface area contributed by atoms with E-state index in [1.165, 1.54) is 60.5 Å². The van der Waals surface area contributed by atoms with Gasteiger partial charge in [-0.1, -0.05) is 0 Å². The Bertz CT molecular complexity index is 1380. The van der Waals surface area contributed by atoms with Gasteiger partial charge in [0.25, 0.3) is 5.91 Å². The van der Waals surface area contributed by atoms with Gasteiger partial charge in [0, 0.05) is 11.1 Å². The zero-order valence-corrected chi connectivity index (χ0v) is 18.4. The van der Waals surface area contributed by atoms with Gasteiger partial charge in [-0.2, -0.15) is 13.2 Å². The van der Waals surface area contributed by atoms with Crippen LogP contribution in [0.1, 0.15) is 21.8 Å². The monoisotopic (exact) mass is 490 g/mol. The second-order valence-corrected chi connectivity index (χ2v) is 8.26. The van der Waals surface area contributed by atoms with Crippen molar-refractivity contribution in [1.82, 2.24) is 14.1 Å². The van der Waals surface area contributed by atoms with Gasteiger partial charge in [0.1, 0.15) is 0 Å². The van der Waals surface area contributed by atoms with Crippen LogP contribution in [0.25, 0.3) is 5.69 Å². The Balaban J connectivity index is 1.64. The number of rotatable bonds is 6. The first kappa shape index (κ1) is 23.2. The number of anilines is 1. The van der Waals surface area contributed by atoms with Crippen molar-refractivity contribution in [3.8, 4) is 11.6 Å². The van der Waals surface area contributed by atoms with Crippen LogP contribution in [0.4, 0.5) is 18.9 Å². The molecule has 34 heavy (non-hydrogen) atoms. The van der Waals surface area contributed by atoms with Crippen LogP contribution in [0.5, 0.6) is 5.88 Å². The van der Waals surface area contributed by atoms with E-state index in [-0.39, 0.29) is 46.2 Å². The number of aromatic hydroxyl groups is 1. The minimum Gasteiger partial charge on any atom is -0.493 e. The number of hydrogen-bond acceptors (Lipinski definition) is 6. The maximum absolute atomic E-state index is 13.1. The molecule has 4 aromatic rings. The summed E-state index contributed by atoms with van der Waals surface area (Å²) in [4.78, 5) is 29.4. The molecule has 0 radical (unpaired) electrons. The Morgan fingerprint density at radius 3 is 2.59 bits per heavy atom. The molecule has 1 amide bonds. The maximum Gasteiger partial charge on any atom is 0.446 e. The van der Waals surface area contributed by atoms with Gasteiger partial charge >= 0.3 is 11.2 Å². The van der Waals surface area contributed by atoms with Crippen LogP contribution < -0.4 is 11.0 Å². The van der Waals surface area contributed by atoms with Gasteiger partial charge < -0.3 is 14.8 Å². The van der Waals surface area contributed by atoms with E-state index in [9.17, 15) is 27.9 Å². The average Bonchev–Trinajstić information content (AvgIpc) is 3.39. The van der Waals surface area contributed by atoms with Crippen LogP contribution in [-0.2, 0) is 6.54 Å². The van der Waals surface area contributed by atoms with Crippen LogP contribution in [-0.4, -0.2) is 30.6 Å². The second kappa shape index (κ2) is 9.14. The molecule has 0 aliphatic rings. The third-order valence-electron chi connectivity index (χ3n) is 4.92. The zero-order valence-electron chi connectivity index (χ0n) is 17.5. The normalized spacial score (nSPS) is 11.5. The number of hydrogen-bond donors (Lipinski definition) is 2. The summed E-state index contributed by atoms with van der Waals surface area (Å²) in [5.41, 5.74) is -3.72. The molecule has 2 N–H and O–H groups in total. The number of nitrogens with one attached hydrogen (secondary N) is 1. The summed E-state index contributed by atoms with van der Waals surface area (Å²) in [6.07, 6.45) is 4.28. The largest absolute Gasteiger partial charge is 0.493 e. The van der Waals surface area contributed by atoms with E-state index >= 15 is 0 Å². The highest BCUT2D eigenvalue weighted by Gasteiger charge is 2.29. The van der Waals surface area contributed by atoms with E-state index in [0.29, 0.717) is 11.3 Å². The van der Waals surface area contributed by atoms with Crippen molar-refractivity contribution in [3.63, 3.8) is 0 Å². The number of aromatic nitrogens is 3. The Morgan fingerprint density at radius 2 is 1.94 bits per heavy atom. The van der Waals surface area contributed by atoms with Crippen molar-refractivity contribution in [2.75, 3.05) is 5.32 Å². The third-order valence-corrected chi connectivity index (χ3v) is 5.66. The first-order valence-corrected chi connectivity index (χ1v) is 10.6. The molecule has 1 aromatic carbocycles. The first-order valence-electron chi connectivity index (χ1n) is 9.79. The number of pyridine rings is 1. The summed E-state index contributed by atoms with van der Waals surface area (Å²) < 4.78 is 45.1. The van der Waals surface area contributed by atoms with Gasteiger partial charge in [-0.3, -0.25) is 14.3 Å². The number of alkyl halides is 3. The topological polar surface area (TPSA) is 102 Å². The van der Waals surface area contributed by atoms with E-state index < -0.39 is 17.1 Å². The number of amides is 1. The molecule has 3 aromatic heterocycles. The van der Waals surface area contributed by atoms with Gasteiger partial charge in [-0.25, -0.2) is 9.36 Å². The Morgan fingerprint density at radius 1 is 1.21 bits per heavy atom. The van der Waals surface area contributed by atoms with E-state index in [2.05, 4.69) is 10.3 Å². The molecule has 4 rings (SSSR count). The summed E-state index contributed by atoms with van der Waals surface area (Å²) in [7, 11) is 0. The minimum absolute atomic E-state index is 0.0104. The number of carbonyl (C=O) groups excluding carboxylic acids is 1. The average molecular weight is 490 g/mol. The smallest absolute Gasteiger partial charge is 0.446 e. The van der Waals surface area contributed by atoms with Crippen molar-refractivity contribution in [2.24, 2.45) is 0 Å². The quantitative estimate of drug-likeness (QED) is 0.385. The molecule has 0 aliphatic carbocycles. The molecule has 0 atom stereocenters. The number of carbonyl (C=O) groups is 1. The molecule has 176 valence electrons. The third kappa shape index (κ3) is 4.86. The van der Waals surface area contributed by atoms with E-state index in [4.69, 9.17) is 4.42 Å². The summed E-state index contributed by atoms with van der Waals surface area (Å²) in [6, 6.07) is 9.76. The number of nitrogens with zero attached hydrogens (tertiary/aromatic N) is 3. The van der Waals surface area contributed by atoms with Crippen molar-refractivity contribution >= 4 is 23.4 Å². The summed E-state index contributed by atoms with van der Waals surface area (Å²) >= 11 is -0.274. The van der Waals surface area contributed by atoms with E-state index in [1.54, 1.807) is 12.1 Å². The van der Waals surface area contributed by atoms with Crippen LogP contribution >= 0.6 is 11.8 Å². The molecular weight excluding hydrogens is 473 g/mol. The molecular formula is C22H17F3N4O4S. The van der Waals surface area contributed by atoms with Crippen molar-refractivity contribution in [3.05, 3.63) is 88.6 Å². The molecule has 0 bridgehead atoms. The molecule has 0 saturated heterocycles. The molecule has 12 heteroatoms. The minimum atomic E-state index is -4.44. The highest BCUT2D eigenvalue weighted by molar-refractivity contribution is 8.00. The summed E-state index contributed by atoms with van der Waals surface area (Å²) in [5.74, 6) is -0.754. The van der Waals surface area contributed by atoms with Crippen molar-refractivity contribution in [2.45, 2.75) is 23.9 Å². The standard InChI is InChI=1S/C22H17F3N4O4S/c1-13-20(31)29(15-4-6-16(7-5-15)34-22(23,24)25)21(32)28(13)12-14-8-9-26-11-17(14)27-19(30)18-3-2-10-33-18/h2-11,31H,12H2,1H3,(H,27,30). The molecule has 3 heterocycles. The number of benzene rings is 1. The molecule has 0 fully saturated rings. The number of furan rings is 1. The molecule has 0 saturated carbocycles. The Hall–Kier alpha value is -3.93. The lowest BCUT2D eigenvalue weighted by molar-refractivity contribution is -0.0328. The Kier molecular flexibility index (Phi) is 6.24. The fourth-order valence-electron chi connectivity index (χ4n) is 3.29.